The Balaban J connectivity index is 1.57. The predicted molar refractivity (Wildman–Crippen MR) is 144 cm³/mol. The van der Waals surface area contributed by atoms with Gasteiger partial charge in [0.25, 0.3) is 0 Å². The molecule has 1 N–H and O–H groups in total. The van der Waals surface area contributed by atoms with Crippen LogP contribution in [0.15, 0.2) is 54.6 Å². The van der Waals surface area contributed by atoms with E-state index in [4.69, 9.17) is 4.74 Å². The molecule has 5 rings (SSSR count). The van der Waals surface area contributed by atoms with Gasteiger partial charge in [-0.3, -0.25) is 14.4 Å². The molecule has 1 aromatic carbocycles. The number of rotatable bonds is 9. The first-order valence-electron chi connectivity index (χ1n) is 14.0. The normalized spacial score (nSPS) is 32.3. The fourth-order valence-corrected chi connectivity index (χ4v) is 6.77. The van der Waals surface area contributed by atoms with Gasteiger partial charge in [-0.2, -0.15) is 0 Å². The van der Waals surface area contributed by atoms with Crippen LogP contribution in [-0.4, -0.2) is 82.7 Å². The molecule has 0 radical (unpaired) electrons. The summed E-state index contributed by atoms with van der Waals surface area (Å²) in [5.74, 6) is -2.04. The van der Waals surface area contributed by atoms with Gasteiger partial charge in [0.05, 0.1) is 17.4 Å². The second-order valence-electron chi connectivity index (χ2n) is 11.0. The van der Waals surface area contributed by atoms with Crippen LogP contribution in [0.3, 0.4) is 0 Å². The molecule has 8 nitrogen and oxygen atoms in total. The third-order valence-electron chi connectivity index (χ3n) is 8.55. The van der Waals surface area contributed by atoms with Gasteiger partial charge in [-0.25, -0.2) is 0 Å². The smallest absolute Gasteiger partial charge is 0.249 e. The molecule has 8 heteroatoms. The lowest BCUT2D eigenvalue weighted by molar-refractivity contribution is -0.151. The molecule has 0 bridgehead atoms. The van der Waals surface area contributed by atoms with Crippen molar-refractivity contribution < 1.29 is 24.2 Å². The quantitative estimate of drug-likeness (QED) is 0.399. The van der Waals surface area contributed by atoms with Crippen LogP contribution >= 0.6 is 0 Å². The molecule has 2 saturated heterocycles. The number of anilines is 1. The van der Waals surface area contributed by atoms with Crippen LogP contribution in [-0.2, 0) is 19.1 Å². The molecule has 1 unspecified atom stereocenters. The van der Waals surface area contributed by atoms with E-state index in [1.54, 1.807) is 9.80 Å². The number of carbonyl (C=O) groups excluding carboxylic acids is 3. The van der Waals surface area contributed by atoms with E-state index in [0.29, 0.717) is 39.0 Å². The van der Waals surface area contributed by atoms with E-state index < -0.39 is 29.1 Å². The summed E-state index contributed by atoms with van der Waals surface area (Å²) in [7, 11) is 0. The Kier molecular flexibility index (Phi) is 7.47. The van der Waals surface area contributed by atoms with Crippen LogP contribution in [0.4, 0.5) is 5.69 Å². The standard InChI is InChI=1S/C30H39N3O5/c1-3-4-17-31-18-12-16-30-24(27(36)33(25(30)28(31)37)19-9-6-10-21-34)23-26(35)32(22-13-7-5-8-14-22)20-11-15-29(23,2)38-30/h5,7-8,11-16,23-25,34H,3-4,6,9-10,17-21H2,1-2H3/t23-,24+,25?,29+,30+/m1/s1. The van der Waals surface area contributed by atoms with E-state index >= 15 is 0 Å². The number of nitrogens with zero attached hydrogens (tertiary/aromatic N) is 3. The molecule has 0 saturated carbocycles. The molecule has 1 spiro atoms. The molecular formula is C30H39N3O5. The number of aliphatic hydroxyl groups excluding tert-OH is 1. The van der Waals surface area contributed by atoms with Gasteiger partial charge < -0.3 is 24.5 Å². The second-order valence-corrected chi connectivity index (χ2v) is 11.0. The Morgan fingerprint density at radius 3 is 2.39 bits per heavy atom. The molecular weight excluding hydrogens is 482 g/mol. The maximum absolute atomic E-state index is 14.3. The van der Waals surface area contributed by atoms with Crippen LogP contribution in [0.25, 0.3) is 0 Å². The van der Waals surface area contributed by atoms with Gasteiger partial charge in [0.15, 0.2) is 0 Å². The maximum atomic E-state index is 14.3. The van der Waals surface area contributed by atoms with Crippen LogP contribution in [0.1, 0.15) is 46.0 Å². The minimum Gasteiger partial charge on any atom is -0.396 e. The first kappa shape index (κ1) is 26.6. The lowest BCUT2D eigenvalue weighted by atomic mass is 9.74. The number of carbonyl (C=O) groups is 3. The minimum atomic E-state index is -1.22. The highest BCUT2D eigenvalue weighted by Crippen LogP contribution is 2.57. The van der Waals surface area contributed by atoms with Crippen LogP contribution in [0, 0.1) is 11.8 Å². The van der Waals surface area contributed by atoms with E-state index in [9.17, 15) is 19.5 Å². The van der Waals surface area contributed by atoms with Crippen molar-refractivity contribution in [3.63, 3.8) is 0 Å². The number of aliphatic hydroxyl groups is 1. The highest BCUT2D eigenvalue weighted by atomic mass is 16.5. The monoisotopic (exact) mass is 521 g/mol. The van der Waals surface area contributed by atoms with Gasteiger partial charge in [-0.15, -0.1) is 0 Å². The van der Waals surface area contributed by atoms with E-state index in [-0.39, 0.29) is 24.3 Å². The molecule has 3 amide bonds. The van der Waals surface area contributed by atoms with Gasteiger partial charge in [0.1, 0.15) is 11.6 Å². The summed E-state index contributed by atoms with van der Waals surface area (Å²) in [5, 5.41) is 9.24. The molecule has 2 fully saturated rings. The first-order valence-corrected chi connectivity index (χ1v) is 14.0. The van der Waals surface area contributed by atoms with E-state index in [1.807, 2.05) is 66.5 Å². The summed E-state index contributed by atoms with van der Waals surface area (Å²) >= 11 is 0. The van der Waals surface area contributed by atoms with Crippen molar-refractivity contribution in [2.75, 3.05) is 37.7 Å². The summed E-state index contributed by atoms with van der Waals surface area (Å²) in [6.45, 7) is 5.92. The Hall–Kier alpha value is -2.97. The number of unbranched alkanes of at least 4 members (excludes halogenated alkanes) is 3. The summed E-state index contributed by atoms with van der Waals surface area (Å²) in [6.07, 6.45) is 11.6. The van der Waals surface area contributed by atoms with E-state index in [2.05, 4.69) is 6.92 Å². The van der Waals surface area contributed by atoms with Crippen molar-refractivity contribution in [2.45, 2.75) is 63.2 Å². The fourth-order valence-electron chi connectivity index (χ4n) is 6.77. The summed E-state index contributed by atoms with van der Waals surface area (Å²) in [6, 6.07) is 8.67. The SMILES string of the molecule is CCCCN1CC=C[C@]23O[C@@]4(C)C=CCN(c5ccccc5)C(=O)[C@H]4[C@H]2C(=O)N(CCCCCO)C3C1=O. The highest BCUT2D eigenvalue weighted by Gasteiger charge is 2.74. The zero-order chi connectivity index (χ0) is 26.9. The minimum absolute atomic E-state index is 0.0934. The third-order valence-corrected chi connectivity index (χ3v) is 8.55. The maximum Gasteiger partial charge on any atom is 0.249 e. The highest BCUT2D eigenvalue weighted by molar-refractivity contribution is 6.04. The average Bonchev–Trinajstić information content (AvgIpc) is 3.18. The zero-order valence-electron chi connectivity index (χ0n) is 22.4. The lowest BCUT2D eigenvalue weighted by Gasteiger charge is -2.37. The van der Waals surface area contributed by atoms with Gasteiger partial charge in [-0.1, -0.05) is 55.8 Å². The molecule has 4 aliphatic heterocycles. The Morgan fingerprint density at radius 2 is 1.66 bits per heavy atom. The van der Waals surface area contributed by atoms with Crippen molar-refractivity contribution in [1.29, 1.82) is 0 Å². The fraction of sp³-hybridized carbons (Fsp3) is 0.567. The number of benzene rings is 1. The number of hydrogen-bond donors (Lipinski definition) is 1. The number of fused-ring (bicyclic) bond motifs is 2. The Morgan fingerprint density at radius 1 is 0.895 bits per heavy atom. The van der Waals surface area contributed by atoms with E-state index in [0.717, 1.165) is 24.9 Å². The summed E-state index contributed by atoms with van der Waals surface area (Å²) in [5.41, 5.74) is -1.47. The average molecular weight is 522 g/mol. The number of amides is 3. The molecule has 38 heavy (non-hydrogen) atoms. The van der Waals surface area contributed by atoms with Gasteiger partial charge >= 0.3 is 0 Å². The lowest BCUT2D eigenvalue weighted by Crippen LogP contribution is -2.56. The van der Waals surface area contributed by atoms with Crippen molar-refractivity contribution in [3.8, 4) is 0 Å². The van der Waals surface area contributed by atoms with Crippen molar-refractivity contribution in [3.05, 3.63) is 54.6 Å². The van der Waals surface area contributed by atoms with Gasteiger partial charge in [0, 0.05) is 38.5 Å². The molecule has 4 heterocycles. The van der Waals surface area contributed by atoms with Crippen molar-refractivity contribution in [1.82, 2.24) is 9.80 Å². The second kappa shape index (κ2) is 10.7. The topological polar surface area (TPSA) is 90.4 Å². The van der Waals surface area contributed by atoms with Crippen LogP contribution < -0.4 is 4.90 Å². The molecule has 204 valence electrons. The van der Waals surface area contributed by atoms with Crippen LogP contribution in [0.2, 0.25) is 0 Å². The summed E-state index contributed by atoms with van der Waals surface area (Å²) < 4.78 is 6.86. The number of para-hydroxylation sites is 1. The molecule has 0 aliphatic carbocycles. The Bertz CT molecular complexity index is 1120. The number of hydrogen-bond acceptors (Lipinski definition) is 5. The number of ether oxygens (including phenoxy) is 1. The Labute approximate surface area is 224 Å². The zero-order valence-corrected chi connectivity index (χ0v) is 22.4. The third kappa shape index (κ3) is 4.28. The van der Waals surface area contributed by atoms with Crippen LogP contribution in [0.5, 0.6) is 0 Å². The molecule has 5 atom stereocenters. The van der Waals surface area contributed by atoms with Gasteiger partial charge in [0.2, 0.25) is 17.7 Å². The van der Waals surface area contributed by atoms with Crippen molar-refractivity contribution >= 4 is 23.4 Å². The predicted octanol–water partition coefficient (Wildman–Crippen LogP) is 2.92. The number of likely N-dealkylation sites (tertiary alicyclic amines) is 1. The van der Waals surface area contributed by atoms with E-state index in [1.165, 1.54) is 0 Å². The summed E-state index contributed by atoms with van der Waals surface area (Å²) in [4.78, 5) is 47.9. The first-order chi connectivity index (χ1) is 18.4. The van der Waals surface area contributed by atoms with Gasteiger partial charge in [-0.05, 0) is 44.7 Å². The molecule has 4 aliphatic rings. The largest absolute Gasteiger partial charge is 0.396 e. The molecule has 1 aromatic rings. The molecule has 0 aromatic heterocycles. The van der Waals surface area contributed by atoms with Crippen molar-refractivity contribution in [2.24, 2.45) is 11.8 Å².